The van der Waals surface area contributed by atoms with Gasteiger partial charge in [0.05, 0.1) is 20.8 Å². The Morgan fingerprint density at radius 3 is 2.06 bits per heavy atom. The molecule has 5 rings (SSSR count). The first-order chi connectivity index (χ1) is 22.8. The normalized spacial score (nSPS) is 17.7. The van der Waals surface area contributed by atoms with E-state index in [1.165, 1.54) is 10.8 Å². The van der Waals surface area contributed by atoms with Gasteiger partial charge in [0, 0.05) is 24.6 Å². The van der Waals surface area contributed by atoms with Gasteiger partial charge in [-0.15, -0.1) is 0 Å². The number of aromatic nitrogens is 2. The molecular weight excluding hydrogens is 600 g/mol. The molecule has 3 atom stereocenters. The van der Waals surface area contributed by atoms with Crippen molar-refractivity contribution >= 4 is 5.97 Å². The Morgan fingerprint density at radius 1 is 0.894 bits per heavy atom. The van der Waals surface area contributed by atoms with Crippen molar-refractivity contribution in [3.05, 3.63) is 128 Å². The smallest absolute Gasteiger partial charge is 0.330 e. The van der Waals surface area contributed by atoms with Crippen LogP contribution in [-0.2, 0) is 24.6 Å². The predicted molar refractivity (Wildman–Crippen MR) is 177 cm³/mol. The van der Waals surface area contributed by atoms with Crippen LogP contribution in [0.2, 0.25) is 0 Å². The van der Waals surface area contributed by atoms with Gasteiger partial charge < -0.3 is 23.7 Å². The van der Waals surface area contributed by atoms with Gasteiger partial charge in [0.25, 0.3) is 5.56 Å². The standard InChI is InChI=1S/C37H42N2O8/c1-5-6-8-13-34(40)47-31-22-33(39-23-25(2)35(41)38-36(39)42)46-32(31)24-45-37(26-11-9-7-10-12-26,27-14-18-29(43-3)19-15-27)28-16-20-30(44-4)21-17-28/h7,9-12,14-21,23,31-33H,5-6,8,13,22,24H2,1-4H3,(H,38,41,42)/t31-,32+,33+/m0/s1. The van der Waals surface area contributed by atoms with E-state index in [2.05, 4.69) is 11.9 Å². The molecule has 0 spiro atoms. The summed E-state index contributed by atoms with van der Waals surface area (Å²) in [7, 11) is 3.23. The number of methoxy groups -OCH3 is 2. The fourth-order valence-electron chi connectivity index (χ4n) is 5.97. The lowest BCUT2D eigenvalue weighted by Crippen LogP contribution is -2.39. The van der Waals surface area contributed by atoms with Crippen molar-refractivity contribution in [2.45, 2.75) is 70.0 Å². The second-order valence-corrected chi connectivity index (χ2v) is 11.6. The predicted octanol–water partition coefficient (Wildman–Crippen LogP) is 5.65. The summed E-state index contributed by atoms with van der Waals surface area (Å²) in [6.45, 7) is 3.70. The lowest BCUT2D eigenvalue weighted by Gasteiger charge is -2.37. The second kappa shape index (κ2) is 15.3. The molecule has 1 aliphatic rings. The van der Waals surface area contributed by atoms with Crippen molar-refractivity contribution in [3.63, 3.8) is 0 Å². The molecule has 1 aromatic heterocycles. The fourth-order valence-corrected chi connectivity index (χ4v) is 5.97. The third-order valence-corrected chi connectivity index (χ3v) is 8.54. The van der Waals surface area contributed by atoms with E-state index in [-0.39, 0.29) is 25.4 Å². The summed E-state index contributed by atoms with van der Waals surface area (Å²) in [6.07, 6.45) is 2.37. The summed E-state index contributed by atoms with van der Waals surface area (Å²) < 4.78 is 31.7. The number of hydrogen-bond acceptors (Lipinski definition) is 8. The van der Waals surface area contributed by atoms with E-state index >= 15 is 0 Å². The Labute approximate surface area is 274 Å². The van der Waals surface area contributed by atoms with Crippen LogP contribution in [0.25, 0.3) is 0 Å². The maximum absolute atomic E-state index is 13.0. The van der Waals surface area contributed by atoms with Crippen LogP contribution in [0, 0.1) is 6.92 Å². The van der Waals surface area contributed by atoms with E-state index in [0.717, 1.165) is 36.0 Å². The Morgan fingerprint density at radius 2 is 1.49 bits per heavy atom. The van der Waals surface area contributed by atoms with Gasteiger partial charge in [-0.25, -0.2) is 4.79 Å². The van der Waals surface area contributed by atoms with E-state index in [9.17, 15) is 14.4 Å². The number of rotatable bonds is 14. The maximum atomic E-state index is 13.0. The SMILES string of the molecule is CCCCCC(=O)O[C@H]1C[C@H](n2cc(C)c(=O)[nH]c2=O)O[C@@H]1COC(c1ccccc1)(c1ccc(OC)cc1)c1ccc(OC)cc1. The molecule has 0 amide bonds. The summed E-state index contributed by atoms with van der Waals surface area (Å²) >= 11 is 0. The molecule has 3 aromatic carbocycles. The van der Waals surface area contributed by atoms with Crippen molar-refractivity contribution in [3.8, 4) is 11.5 Å². The van der Waals surface area contributed by atoms with Crippen molar-refractivity contribution in [2.75, 3.05) is 20.8 Å². The van der Waals surface area contributed by atoms with Crippen LogP contribution in [-0.4, -0.2) is 48.6 Å². The zero-order chi connectivity index (χ0) is 33.4. The first-order valence-corrected chi connectivity index (χ1v) is 15.9. The number of ether oxygens (including phenoxy) is 5. The van der Waals surface area contributed by atoms with Crippen molar-refractivity contribution in [2.24, 2.45) is 0 Å². The maximum Gasteiger partial charge on any atom is 0.330 e. The van der Waals surface area contributed by atoms with Crippen molar-refractivity contribution in [1.82, 2.24) is 9.55 Å². The van der Waals surface area contributed by atoms with E-state index in [1.54, 1.807) is 21.1 Å². The minimum atomic E-state index is -1.12. The molecule has 248 valence electrons. The number of carbonyl (C=O) groups is 1. The van der Waals surface area contributed by atoms with Gasteiger partial charge in [0.15, 0.2) is 0 Å². The minimum absolute atomic E-state index is 0.00739. The zero-order valence-electron chi connectivity index (χ0n) is 27.3. The van der Waals surface area contributed by atoms with Crippen LogP contribution < -0.4 is 20.7 Å². The van der Waals surface area contributed by atoms with Gasteiger partial charge in [-0.3, -0.25) is 19.1 Å². The minimum Gasteiger partial charge on any atom is -0.497 e. The average Bonchev–Trinajstić information content (AvgIpc) is 3.49. The van der Waals surface area contributed by atoms with E-state index in [0.29, 0.717) is 17.1 Å². The van der Waals surface area contributed by atoms with Gasteiger partial charge in [-0.2, -0.15) is 0 Å². The van der Waals surface area contributed by atoms with Gasteiger partial charge in [-0.05, 0) is 54.3 Å². The van der Waals surface area contributed by atoms with Crippen LogP contribution in [0.15, 0.2) is 94.6 Å². The third-order valence-electron chi connectivity index (χ3n) is 8.54. The number of aryl methyl sites for hydroxylation is 1. The number of unbranched alkanes of at least 4 members (excludes halogenated alkanes) is 2. The van der Waals surface area contributed by atoms with Crippen molar-refractivity contribution < 1.29 is 28.5 Å². The molecule has 10 nitrogen and oxygen atoms in total. The average molecular weight is 643 g/mol. The number of carbonyl (C=O) groups excluding carboxylic acids is 1. The highest BCUT2D eigenvalue weighted by atomic mass is 16.6. The lowest BCUT2D eigenvalue weighted by atomic mass is 9.80. The van der Waals surface area contributed by atoms with Gasteiger partial charge >= 0.3 is 11.7 Å². The molecule has 47 heavy (non-hydrogen) atoms. The molecule has 0 aliphatic carbocycles. The zero-order valence-corrected chi connectivity index (χ0v) is 27.3. The highest BCUT2D eigenvalue weighted by Crippen LogP contribution is 2.43. The molecular formula is C37H42N2O8. The fraction of sp³-hybridized carbons (Fsp3) is 0.378. The molecule has 1 aliphatic heterocycles. The van der Waals surface area contributed by atoms with Crippen LogP contribution in [0.3, 0.4) is 0 Å². The molecule has 1 saturated heterocycles. The summed E-state index contributed by atoms with van der Waals surface area (Å²) in [5, 5.41) is 0. The largest absolute Gasteiger partial charge is 0.497 e. The van der Waals surface area contributed by atoms with Crippen LogP contribution in [0.4, 0.5) is 0 Å². The Balaban J connectivity index is 1.55. The van der Waals surface area contributed by atoms with Gasteiger partial charge in [-0.1, -0.05) is 74.4 Å². The summed E-state index contributed by atoms with van der Waals surface area (Å²) in [6, 6.07) is 25.2. The molecule has 1 fully saturated rings. The number of H-pyrrole nitrogens is 1. The van der Waals surface area contributed by atoms with E-state index in [4.69, 9.17) is 23.7 Å². The quantitative estimate of drug-likeness (QED) is 0.107. The third kappa shape index (κ3) is 7.50. The molecule has 1 N–H and O–H groups in total. The number of hydrogen-bond donors (Lipinski definition) is 1. The van der Waals surface area contributed by atoms with Crippen LogP contribution in [0.5, 0.6) is 11.5 Å². The van der Waals surface area contributed by atoms with Crippen LogP contribution in [0.1, 0.15) is 67.5 Å². The highest BCUT2D eigenvalue weighted by molar-refractivity contribution is 5.69. The molecule has 0 radical (unpaired) electrons. The topological polar surface area (TPSA) is 118 Å². The summed E-state index contributed by atoms with van der Waals surface area (Å²) in [4.78, 5) is 40.2. The molecule has 2 heterocycles. The molecule has 0 unspecified atom stereocenters. The Hall–Kier alpha value is -4.67. The molecule has 4 aromatic rings. The number of esters is 1. The van der Waals surface area contributed by atoms with Crippen molar-refractivity contribution in [1.29, 1.82) is 0 Å². The monoisotopic (exact) mass is 642 g/mol. The lowest BCUT2D eigenvalue weighted by molar-refractivity contribution is -0.156. The molecule has 10 heteroatoms. The van der Waals surface area contributed by atoms with E-state index < -0.39 is 35.3 Å². The Kier molecular flexibility index (Phi) is 11.0. The summed E-state index contributed by atoms with van der Waals surface area (Å²) in [5.74, 6) is 1.07. The number of benzene rings is 3. The summed E-state index contributed by atoms with van der Waals surface area (Å²) in [5.41, 5.74) is 0.718. The highest BCUT2D eigenvalue weighted by Gasteiger charge is 2.44. The van der Waals surface area contributed by atoms with Crippen LogP contribution >= 0.6 is 0 Å². The Bertz CT molecular complexity index is 1680. The number of aromatic amines is 1. The van der Waals surface area contributed by atoms with Gasteiger partial charge in [0.1, 0.15) is 35.5 Å². The second-order valence-electron chi connectivity index (χ2n) is 11.6. The number of nitrogens with zero attached hydrogens (tertiary/aromatic N) is 1. The molecule has 0 saturated carbocycles. The van der Waals surface area contributed by atoms with E-state index in [1.807, 2.05) is 78.9 Å². The van der Waals surface area contributed by atoms with Gasteiger partial charge in [0.2, 0.25) is 0 Å². The first kappa shape index (κ1) is 33.7. The molecule has 0 bridgehead atoms. The number of nitrogens with one attached hydrogen (secondary N) is 1. The first-order valence-electron chi connectivity index (χ1n) is 15.9.